The molecule has 0 radical (unpaired) electrons. The van der Waals surface area contributed by atoms with E-state index in [1.54, 1.807) is 0 Å². The normalized spacial score (nSPS) is 20.7. The van der Waals surface area contributed by atoms with E-state index in [-0.39, 0.29) is 18.0 Å². The minimum atomic E-state index is -0.0567. The summed E-state index contributed by atoms with van der Waals surface area (Å²) < 4.78 is 2.39. The van der Waals surface area contributed by atoms with Gasteiger partial charge in [0.2, 0.25) is 0 Å². The molecular weight excluding hydrogens is 621 g/mol. The van der Waals surface area contributed by atoms with Gasteiger partial charge >= 0.3 is 0 Å². The summed E-state index contributed by atoms with van der Waals surface area (Å²) in [5.74, 6) is 2.14. The maximum Gasteiger partial charge on any atom is 0.157 e. The number of hydrogen-bond donors (Lipinski definition) is 0. The number of anilines is 2. The summed E-state index contributed by atoms with van der Waals surface area (Å²) >= 11 is 0. The minimum Gasteiger partial charge on any atom is -0.333 e. The first kappa shape index (κ1) is 29.6. The van der Waals surface area contributed by atoms with Crippen LogP contribution in [0.25, 0.3) is 32.9 Å². The summed E-state index contributed by atoms with van der Waals surface area (Å²) in [5.41, 5.74) is 10.9. The number of hydrogen-bond acceptors (Lipinski definition) is 3. The molecule has 244 valence electrons. The third-order valence-electron chi connectivity index (χ3n) is 10.9. The molecule has 0 N–H and O–H groups in total. The quantitative estimate of drug-likeness (QED) is 0.186. The first-order valence-electron chi connectivity index (χ1n) is 17.9. The molecule has 4 heteroatoms. The van der Waals surface area contributed by atoms with Gasteiger partial charge in [0.15, 0.2) is 5.84 Å². The first-order chi connectivity index (χ1) is 25.2. The molecule has 0 amide bonds. The fourth-order valence-corrected chi connectivity index (χ4v) is 8.43. The Kier molecular flexibility index (Phi) is 6.95. The molecule has 6 aromatic carbocycles. The fraction of sp³-hybridized carbons (Fsp3) is 0.106. The predicted octanol–water partition coefficient (Wildman–Crippen LogP) is 11.3. The van der Waals surface area contributed by atoms with Crippen LogP contribution < -0.4 is 4.90 Å². The van der Waals surface area contributed by atoms with E-state index in [4.69, 9.17) is 9.98 Å². The van der Waals surface area contributed by atoms with Crippen LogP contribution in [0, 0.1) is 5.92 Å². The molecule has 3 aliphatic rings. The van der Waals surface area contributed by atoms with Gasteiger partial charge in [0.25, 0.3) is 0 Å². The SMILES string of the molecule is CC1C(n2c3ccccc3c3cc(-c4ccc5c(c4)C4C=CC=CC4N5c4ccccc4)ccc32)=NC(c2ccccc2)=NC1c1ccccc1. The average molecular weight is 657 g/mol. The smallest absolute Gasteiger partial charge is 0.157 e. The summed E-state index contributed by atoms with van der Waals surface area (Å²) in [7, 11) is 0. The van der Waals surface area contributed by atoms with Crippen LogP contribution in [0.1, 0.15) is 35.6 Å². The van der Waals surface area contributed by atoms with Crippen LogP contribution in [0.5, 0.6) is 0 Å². The molecule has 51 heavy (non-hydrogen) atoms. The van der Waals surface area contributed by atoms with Crippen molar-refractivity contribution in [1.82, 2.24) is 4.57 Å². The molecule has 0 saturated carbocycles. The largest absolute Gasteiger partial charge is 0.333 e. The Bertz CT molecular complexity index is 2560. The molecule has 0 fully saturated rings. The molecule has 4 atom stereocenters. The molecule has 4 nitrogen and oxygen atoms in total. The van der Waals surface area contributed by atoms with Crippen LogP contribution >= 0.6 is 0 Å². The molecule has 0 bridgehead atoms. The number of aromatic nitrogens is 1. The molecule has 0 spiro atoms. The van der Waals surface area contributed by atoms with Crippen molar-refractivity contribution in [3.8, 4) is 11.1 Å². The van der Waals surface area contributed by atoms with Gasteiger partial charge in [-0.05, 0) is 64.7 Å². The van der Waals surface area contributed by atoms with Crippen LogP contribution in [-0.2, 0) is 0 Å². The van der Waals surface area contributed by atoms with E-state index in [0.29, 0.717) is 5.92 Å². The summed E-state index contributed by atoms with van der Waals surface area (Å²) in [4.78, 5) is 13.1. The van der Waals surface area contributed by atoms with E-state index in [0.717, 1.165) is 28.3 Å². The molecular formula is C47H36N4. The van der Waals surface area contributed by atoms with Gasteiger partial charge in [-0.25, -0.2) is 4.99 Å². The third-order valence-corrected chi connectivity index (χ3v) is 10.9. The van der Waals surface area contributed by atoms with Crippen molar-refractivity contribution in [1.29, 1.82) is 0 Å². The zero-order valence-electron chi connectivity index (χ0n) is 28.3. The Hall–Kier alpha value is -6.26. The number of allylic oxidation sites excluding steroid dienone is 2. The molecule has 7 aromatic rings. The molecule has 10 rings (SSSR count). The van der Waals surface area contributed by atoms with E-state index in [9.17, 15) is 0 Å². The number of rotatable bonds is 4. The summed E-state index contributed by atoms with van der Waals surface area (Å²) in [6, 6.07) is 54.7. The monoisotopic (exact) mass is 656 g/mol. The topological polar surface area (TPSA) is 32.9 Å². The highest BCUT2D eigenvalue weighted by Gasteiger charge is 2.37. The summed E-state index contributed by atoms with van der Waals surface area (Å²) in [6.07, 6.45) is 9.07. The van der Waals surface area contributed by atoms with Crippen molar-refractivity contribution in [2.75, 3.05) is 4.90 Å². The van der Waals surface area contributed by atoms with Crippen LogP contribution in [0.2, 0.25) is 0 Å². The number of aliphatic imine (C=N–C) groups is 2. The zero-order valence-corrected chi connectivity index (χ0v) is 28.3. The lowest BCUT2D eigenvalue weighted by Gasteiger charge is -2.29. The maximum atomic E-state index is 5.35. The predicted molar refractivity (Wildman–Crippen MR) is 212 cm³/mol. The molecule has 1 aliphatic carbocycles. The van der Waals surface area contributed by atoms with Gasteiger partial charge in [0.1, 0.15) is 5.84 Å². The van der Waals surface area contributed by atoms with Gasteiger partial charge in [-0.1, -0.05) is 140 Å². The van der Waals surface area contributed by atoms with Crippen LogP contribution in [0.4, 0.5) is 11.4 Å². The molecule has 0 saturated heterocycles. The molecule has 3 heterocycles. The third kappa shape index (κ3) is 4.82. The van der Waals surface area contributed by atoms with Gasteiger partial charge in [0.05, 0.1) is 23.1 Å². The van der Waals surface area contributed by atoms with E-state index in [1.165, 1.54) is 44.4 Å². The first-order valence-corrected chi connectivity index (χ1v) is 17.9. The lowest BCUT2D eigenvalue weighted by Crippen LogP contribution is -2.30. The molecule has 1 aromatic heterocycles. The average Bonchev–Trinajstić information content (AvgIpc) is 3.71. The van der Waals surface area contributed by atoms with Crippen molar-refractivity contribution in [3.63, 3.8) is 0 Å². The highest BCUT2D eigenvalue weighted by molar-refractivity contribution is 6.18. The summed E-state index contributed by atoms with van der Waals surface area (Å²) in [5, 5.41) is 2.45. The number of fused-ring (bicyclic) bond motifs is 6. The highest BCUT2D eigenvalue weighted by atomic mass is 15.2. The lowest BCUT2D eigenvalue weighted by atomic mass is 9.89. The second-order valence-corrected chi connectivity index (χ2v) is 13.8. The zero-order chi connectivity index (χ0) is 33.9. The van der Waals surface area contributed by atoms with Gasteiger partial charge in [-0.2, -0.15) is 0 Å². The van der Waals surface area contributed by atoms with E-state index < -0.39 is 0 Å². The Morgan fingerprint density at radius 2 is 1.24 bits per heavy atom. The second kappa shape index (κ2) is 12.0. The van der Waals surface area contributed by atoms with Crippen molar-refractivity contribution in [3.05, 3.63) is 193 Å². The molecule has 4 unspecified atom stereocenters. The number of nitrogens with zero attached hydrogens (tertiary/aromatic N) is 4. The van der Waals surface area contributed by atoms with Crippen LogP contribution in [0.15, 0.2) is 186 Å². The number of amidine groups is 1. The lowest BCUT2D eigenvalue weighted by molar-refractivity contribution is 0.580. The van der Waals surface area contributed by atoms with Crippen molar-refractivity contribution >= 4 is 44.9 Å². The van der Waals surface area contributed by atoms with E-state index in [1.807, 2.05) is 6.07 Å². The van der Waals surface area contributed by atoms with Crippen molar-refractivity contribution < 1.29 is 0 Å². The standard InChI is InChI=1S/C47H36N4/c1-31-45(32-15-5-2-6-16-32)48-46(33-17-7-3-8-18-33)49-47(31)51-42-24-14-12-22-38(42)40-30-35(26-28-44(40)51)34-25-27-43-39(29-34)37-21-11-13-23-41(37)50(43)36-19-9-4-10-20-36/h2-31,37,41,45H,1H3. The van der Waals surface area contributed by atoms with Gasteiger partial charge in [-0.3, -0.25) is 9.56 Å². The second-order valence-electron chi connectivity index (χ2n) is 13.8. The van der Waals surface area contributed by atoms with Crippen LogP contribution in [0.3, 0.4) is 0 Å². The Morgan fingerprint density at radius 1 is 0.569 bits per heavy atom. The van der Waals surface area contributed by atoms with E-state index in [2.05, 4.69) is 186 Å². The Morgan fingerprint density at radius 3 is 2.06 bits per heavy atom. The van der Waals surface area contributed by atoms with Crippen LogP contribution in [-0.4, -0.2) is 22.3 Å². The van der Waals surface area contributed by atoms with Gasteiger partial charge in [0, 0.05) is 39.5 Å². The fourth-order valence-electron chi connectivity index (χ4n) is 8.43. The highest BCUT2D eigenvalue weighted by Crippen LogP contribution is 2.49. The summed E-state index contributed by atoms with van der Waals surface area (Å²) in [6.45, 7) is 2.27. The maximum absolute atomic E-state index is 5.35. The van der Waals surface area contributed by atoms with E-state index >= 15 is 0 Å². The van der Waals surface area contributed by atoms with Crippen molar-refractivity contribution in [2.45, 2.75) is 24.9 Å². The Balaban J connectivity index is 1.11. The number of para-hydroxylation sites is 2. The van der Waals surface area contributed by atoms with Crippen molar-refractivity contribution in [2.24, 2.45) is 15.9 Å². The minimum absolute atomic E-state index is 0.0494. The Labute approximate surface area is 298 Å². The van der Waals surface area contributed by atoms with Gasteiger partial charge < -0.3 is 4.90 Å². The van der Waals surface area contributed by atoms with Gasteiger partial charge in [-0.15, -0.1) is 0 Å². The molecule has 2 aliphatic heterocycles. The number of benzene rings is 6.